The molecule has 0 aliphatic heterocycles. The van der Waals surface area contributed by atoms with Crippen molar-refractivity contribution in [3.8, 4) is 5.75 Å². The van der Waals surface area contributed by atoms with Gasteiger partial charge in [-0.25, -0.2) is 9.97 Å². The molecule has 0 atom stereocenters. The summed E-state index contributed by atoms with van der Waals surface area (Å²) in [6.07, 6.45) is 4.22. The van der Waals surface area contributed by atoms with Crippen LogP contribution in [0.4, 0.5) is 11.5 Å². The van der Waals surface area contributed by atoms with Crippen LogP contribution >= 0.6 is 15.9 Å². The second-order valence-electron chi connectivity index (χ2n) is 3.72. The molecule has 0 saturated carbocycles. The van der Waals surface area contributed by atoms with E-state index in [1.54, 1.807) is 6.20 Å². The Morgan fingerprint density at radius 2 is 2.06 bits per heavy atom. The highest BCUT2D eigenvalue weighted by Crippen LogP contribution is 2.23. The number of anilines is 2. The smallest absolute Gasteiger partial charge is 0.148 e. The number of hydrogen-bond donors (Lipinski definition) is 1. The Morgan fingerprint density at radius 1 is 1.28 bits per heavy atom. The lowest BCUT2D eigenvalue weighted by molar-refractivity contribution is 0.317. The summed E-state index contributed by atoms with van der Waals surface area (Å²) in [4.78, 5) is 8.06. The van der Waals surface area contributed by atoms with Crippen molar-refractivity contribution in [2.75, 3.05) is 11.9 Å². The maximum Gasteiger partial charge on any atom is 0.148 e. The largest absolute Gasteiger partial charge is 0.494 e. The van der Waals surface area contributed by atoms with Gasteiger partial charge in [-0.1, -0.05) is 6.92 Å². The Labute approximate surface area is 115 Å². The minimum absolute atomic E-state index is 0.740. The predicted octanol–water partition coefficient (Wildman–Crippen LogP) is 3.77. The van der Waals surface area contributed by atoms with Crippen LogP contribution in [0.25, 0.3) is 0 Å². The van der Waals surface area contributed by atoms with Crippen LogP contribution in [-0.4, -0.2) is 16.6 Å². The second kappa shape index (κ2) is 6.35. The Kier molecular flexibility index (Phi) is 4.52. The van der Waals surface area contributed by atoms with E-state index in [-0.39, 0.29) is 0 Å². The van der Waals surface area contributed by atoms with Crippen molar-refractivity contribution >= 4 is 27.4 Å². The van der Waals surface area contributed by atoms with E-state index in [0.717, 1.165) is 34.8 Å². The first kappa shape index (κ1) is 12.8. The molecule has 0 spiro atoms. The average Bonchev–Trinajstić information content (AvgIpc) is 2.41. The van der Waals surface area contributed by atoms with Crippen molar-refractivity contribution in [3.63, 3.8) is 0 Å². The number of ether oxygens (including phenoxy) is 1. The van der Waals surface area contributed by atoms with Crippen LogP contribution in [0, 0.1) is 0 Å². The second-order valence-corrected chi connectivity index (χ2v) is 4.57. The zero-order valence-corrected chi connectivity index (χ0v) is 11.6. The zero-order valence-electron chi connectivity index (χ0n) is 10.1. The molecule has 0 saturated heterocycles. The lowest BCUT2D eigenvalue weighted by Crippen LogP contribution is -1.97. The number of rotatable bonds is 5. The maximum absolute atomic E-state index is 5.52. The van der Waals surface area contributed by atoms with Gasteiger partial charge in [0.15, 0.2) is 0 Å². The van der Waals surface area contributed by atoms with Gasteiger partial charge in [0, 0.05) is 11.9 Å². The van der Waals surface area contributed by atoms with E-state index in [1.165, 1.54) is 6.33 Å². The van der Waals surface area contributed by atoms with Gasteiger partial charge in [-0.15, -0.1) is 0 Å². The van der Waals surface area contributed by atoms with Crippen molar-refractivity contribution in [2.45, 2.75) is 13.3 Å². The van der Waals surface area contributed by atoms with Gasteiger partial charge < -0.3 is 10.1 Å². The number of aromatic nitrogens is 2. The minimum Gasteiger partial charge on any atom is -0.494 e. The third kappa shape index (κ3) is 3.43. The lowest BCUT2D eigenvalue weighted by atomic mass is 10.3. The highest BCUT2D eigenvalue weighted by atomic mass is 79.9. The van der Waals surface area contributed by atoms with E-state index >= 15 is 0 Å². The number of halogens is 1. The molecular formula is C13H14BrN3O. The molecule has 1 heterocycles. The van der Waals surface area contributed by atoms with Crippen LogP contribution in [-0.2, 0) is 0 Å². The highest BCUT2D eigenvalue weighted by molar-refractivity contribution is 9.10. The fraction of sp³-hybridized carbons (Fsp3) is 0.231. The van der Waals surface area contributed by atoms with Crippen molar-refractivity contribution in [3.05, 3.63) is 41.3 Å². The standard InChI is InChI=1S/C13H14BrN3O/c1-2-7-18-11-5-3-10(4-6-11)17-13-12(14)8-15-9-16-13/h3-6,8-9H,2,7H2,1H3,(H,15,16,17). The first-order valence-corrected chi connectivity index (χ1v) is 6.54. The molecule has 0 aliphatic carbocycles. The third-order valence-corrected chi connectivity index (χ3v) is 2.84. The molecule has 94 valence electrons. The van der Waals surface area contributed by atoms with Crippen LogP contribution in [0.1, 0.15) is 13.3 Å². The molecule has 1 N–H and O–H groups in total. The fourth-order valence-electron chi connectivity index (χ4n) is 1.40. The van der Waals surface area contributed by atoms with Gasteiger partial charge in [-0.05, 0) is 46.6 Å². The summed E-state index contributed by atoms with van der Waals surface area (Å²) in [6, 6.07) is 7.79. The van der Waals surface area contributed by atoms with Gasteiger partial charge >= 0.3 is 0 Å². The minimum atomic E-state index is 0.740. The van der Waals surface area contributed by atoms with E-state index in [1.807, 2.05) is 24.3 Å². The molecule has 0 unspecified atom stereocenters. The van der Waals surface area contributed by atoms with E-state index in [9.17, 15) is 0 Å². The number of nitrogens with one attached hydrogen (secondary N) is 1. The van der Waals surface area contributed by atoms with Gasteiger partial charge in [0.1, 0.15) is 17.9 Å². The Bertz CT molecular complexity index is 502. The molecule has 4 nitrogen and oxygen atoms in total. The van der Waals surface area contributed by atoms with Crippen molar-refractivity contribution < 1.29 is 4.74 Å². The van der Waals surface area contributed by atoms with Crippen LogP contribution in [0.5, 0.6) is 5.75 Å². The van der Waals surface area contributed by atoms with Gasteiger partial charge in [0.2, 0.25) is 0 Å². The number of hydrogen-bond acceptors (Lipinski definition) is 4. The molecule has 1 aromatic carbocycles. The summed E-state index contributed by atoms with van der Waals surface area (Å²) in [5, 5.41) is 3.20. The van der Waals surface area contributed by atoms with Crippen LogP contribution in [0.3, 0.4) is 0 Å². The summed E-state index contributed by atoms with van der Waals surface area (Å²) >= 11 is 3.39. The molecule has 0 bridgehead atoms. The van der Waals surface area contributed by atoms with E-state index < -0.39 is 0 Å². The normalized spacial score (nSPS) is 10.1. The first-order chi connectivity index (χ1) is 8.79. The topological polar surface area (TPSA) is 47.0 Å². The van der Waals surface area contributed by atoms with Crippen molar-refractivity contribution in [1.29, 1.82) is 0 Å². The van der Waals surface area contributed by atoms with Crippen LogP contribution < -0.4 is 10.1 Å². The van der Waals surface area contributed by atoms with Gasteiger partial charge in [-0.2, -0.15) is 0 Å². The molecule has 5 heteroatoms. The van der Waals surface area contributed by atoms with Gasteiger partial charge in [0.05, 0.1) is 11.1 Å². The average molecular weight is 308 g/mol. The molecule has 0 amide bonds. The summed E-state index contributed by atoms with van der Waals surface area (Å²) in [6.45, 7) is 2.83. The summed E-state index contributed by atoms with van der Waals surface area (Å²) < 4.78 is 6.35. The summed E-state index contributed by atoms with van der Waals surface area (Å²) in [7, 11) is 0. The van der Waals surface area contributed by atoms with E-state index in [2.05, 4.69) is 38.1 Å². The van der Waals surface area contributed by atoms with E-state index in [0.29, 0.717) is 0 Å². The third-order valence-electron chi connectivity index (χ3n) is 2.26. The summed E-state index contributed by atoms with van der Waals surface area (Å²) in [5.41, 5.74) is 0.957. The quantitative estimate of drug-likeness (QED) is 0.913. The molecule has 0 fully saturated rings. The number of benzene rings is 1. The van der Waals surface area contributed by atoms with Gasteiger partial charge in [0.25, 0.3) is 0 Å². The fourth-order valence-corrected chi connectivity index (χ4v) is 1.72. The van der Waals surface area contributed by atoms with Gasteiger partial charge in [-0.3, -0.25) is 0 Å². The SMILES string of the molecule is CCCOc1ccc(Nc2ncncc2Br)cc1. The molecule has 1 aromatic heterocycles. The molecule has 2 aromatic rings. The molecule has 2 rings (SSSR count). The maximum atomic E-state index is 5.52. The Balaban J connectivity index is 2.04. The Hall–Kier alpha value is -1.62. The molecule has 18 heavy (non-hydrogen) atoms. The van der Waals surface area contributed by atoms with Crippen LogP contribution in [0.2, 0.25) is 0 Å². The van der Waals surface area contributed by atoms with E-state index in [4.69, 9.17) is 4.74 Å². The Morgan fingerprint density at radius 3 is 2.72 bits per heavy atom. The summed E-state index contributed by atoms with van der Waals surface area (Å²) in [5.74, 6) is 1.62. The zero-order chi connectivity index (χ0) is 12.8. The van der Waals surface area contributed by atoms with Crippen LogP contribution in [0.15, 0.2) is 41.3 Å². The van der Waals surface area contributed by atoms with Crippen molar-refractivity contribution in [1.82, 2.24) is 9.97 Å². The molecule has 0 aliphatic rings. The first-order valence-electron chi connectivity index (χ1n) is 5.75. The van der Waals surface area contributed by atoms with Crippen molar-refractivity contribution in [2.24, 2.45) is 0 Å². The highest BCUT2D eigenvalue weighted by Gasteiger charge is 2.01. The molecular weight excluding hydrogens is 294 g/mol. The number of nitrogens with zero attached hydrogens (tertiary/aromatic N) is 2. The predicted molar refractivity (Wildman–Crippen MR) is 75.2 cm³/mol. The monoisotopic (exact) mass is 307 g/mol. The lowest BCUT2D eigenvalue weighted by Gasteiger charge is -2.08. The molecule has 0 radical (unpaired) electrons.